The highest BCUT2D eigenvalue weighted by Gasteiger charge is 2.34. The molecule has 6 nitrogen and oxygen atoms in total. The van der Waals surface area contributed by atoms with Gasteiger partial charge in [0, 0.05) is 5.69 Å². The van der Waals surface area contributed by atoms with Crippen molar-refractivity contribution in [1.82, 2.24) is 5.32 Å². The van der Waals surface area contributed by atoms with Gasteiger partial charge in [0.25, 0.3) is 9.70 Å². The predicted octanol–water partition coefficient (Wildman–Crippen LogP) is 3.84. The van der Waals surface area contributed by atoms with Crippen LogP contribution in [0, 0.1) is 11.8 Å². The van der Waals surface area contributed by atoms with Crippen molar-refractivity contribution in [3.05, 3.63) is 41.7 Å². The fraction of sp³-hybridized carbons (Fsp3) is 0.500. The number of benzene rings is 1. The van der Waals surface area contributed by atoms with Gasteiger partial charge in [-0.3, -0.25) is 9.59 Å². The van der Waals surface area contributed by atoms with Crippen LogP contribution in [0.25, 0.3) is 0 Å². The number of nitrogens with two attached hydrogens (primary N) is 1. The Bertz CT molecular complexity index is 737. The second-order valence-electron chi connectivity index (χ2n) is 7.13. The number of aliphatic hydroxyl groups is 1. The summed E-state index contributed by atoms with van der Waals surface area (Å²) in [6.45, 7) is 3.60. The van der Waals surface area contributed by atoms with Gasteiger partial charge in [0.05, 0.1) is 18.6 Å². The van der Waals surface area contributed by atoms with Gasteiger partial charge in [-0.25, -0.2) is 4.39 Å². The lowest BCUT2D eigenvalue weighted by Gasteiger charge is -2.24. The maximum Gasteiger partial charge on any atom is 0.272 e. The van der Waals surface area contributed by atoms with Gasteiger partial charge in [-0.15, -0.1) is 0 Å². The molecular weight excluding hydrogens is 456 g/mol. The van der Waals surface area contributed by atoms with E-state index in [2.05, 4.69) is 10.6 Å². The zero-order chi connectivity index (χ0) is 22.9. The number of nitrogens with one attached hydrogen (secondary N) is 2. The molecule has 0 aliphatic heterocycles. The molecule has 0 saturated carbocycles. The van der Waals surface area contributed by atoms with Crippen LogP contribution in [-0.2, 0) is 16.2 Å². The molecule has 30 heavy (non-hydrogen) atoms. The summed E-state index contributed by atoms with van der Waals surface area (Å²) in [6.07, 6.45) is 1.97. The van der Waals surface area contributed by atoms with Crippen molar-refractivity contribution in [2.24, 2.45) is 17.6 Å². The molecule has 0 aliphatic rings. The van der Waals surface area contributed by atoms with Crippen LogP contribution in [0.5, 0.6) is 0 Å². The number of carbonyl (C=O) groups excluding carboxylic acids is 2. The number of hydrogen-bond acceptors (Lipinski definition) is 4. The third-order valence-electron chi connectivity index (χ3n) is 4.33. The molecular formula is C20H27Cl3FN3O3. The molecule has 0 saturated heterocycles. The molecule has 10 heteroatoms. The van der Waals surface area contributed by atoms with Crippen LogP contribution < -0.4 is 16.4 Å². The van der Waals surface area contributed by atoms with Crippen LogP contribution in [0.4, 0.5) is 10.1 Å². The first-order valence-electron chi connectivity index (χ1n) is 9.45. The summed E-state index contributed by atoms with van der Waals surface area (Å²) in [5.74, 6) is -3.27. The maximum atomic E-state index is 15.0. The lowest BCUT2D eigenvalue weighted by Crippen LogP contribution is -2.44. The smallest absolute Gasteiger partial charge is 0.272 e. The molecule has 0 bridgehead atoms. The molecule has 5 N–H and O–H groups in total. The molecule has 0 spiro atoms. The van der Waals surface area contributed by atoms with Gasteiger partial charge in [0.2, 0.25) is 5.91 Å². The first-order chi connectivity index (χ1) is 14.0. The number of rotatable bonds is 10. The number of aliphatic hydroxyl groups excluding tert-OH is 1. The molecule has 0 radical (unpaired) electrons. The zero-order valence-electron chi connectivity index (χ0n) is 16.8. The second-order valence-corrected chi connectivity index (χ2v) is 9.41. The minimum atomic E-state index is -2.23. The number of anilines is 1. The van der Waals surface area contributed by atoms with Crippen molar-refractivity contribution in [1.29, 1.82) is 0 Å². The summed E-state index contributed by atoms with van der Waals surface area (Å²) in [4.78, 5) is 24.7. The first-order valence-corrected chi connectivity index (χ1v) is 10.6. The SMILES string of the molecule is CC(C)C(NC(=O)C(Cl)(Cl)Cl)/C(F)=C/C(CCCN)C(=O)Nc1ccc(CO)cc1. The van der Waals surface area contributed by atoms with E-state index in [-0.39, 0.29) is 12.5 Å². The Morgan fingerprint density at radius 2 is 1.83 bits per heavy atom. The maximum absolute atomic E-state index is 15.0. The van der Waals surface area contributed by atoms with Gasteiger partial charge >= 0.3 is 0 Å². The standard InChI is InChI=1S/C20H27Cl3FN3O3/c1-12(2)17(27-19(30)20(21,22)23)16(24)10-14(4-3-9-25)18(29)26-15-7-5-13(11-28)6-8-15/h5-8,10,12,14,17,28H,3-4,9,11,25H2,1-2H3,(H,26,29)(H,27,30)/b16-10-. The van der Waals surface area contributed by atoms with Crippen LogP contribution in [0.15, 0.2) is 36.2 Å². The van der Waals surface area contributed by atoms with Crippen molar-refractivity contribution in [3.63, 3.8) is 0 Å². The van der Waals surface area contributed by atoms with Gasteiger partial charge in [-0.1, -0.05) is 60.8 Å². The summed E-state index contributed by atoms with van der Waals surface area (Å²) >= 11 is 16.7. The molecule has 2 amide bonds. The van der Waals surface area contributed by atoms with Crippen molar-refractivity contribution in [2.45, 2.75) is 43.1 Å². The van der Waals surface area contributed by atoms with E-state index in [0.717, 1.165) is 6.08 Å². The van der Waals surface area contributed by atoms with Crippen LogP contribution in [0.2, 0.25) is 0 Å². The highest BCUT2D eigenvalue weighted by Crippen LogP contribution is 2.28. The van der Waals surface area contributed by atoms with E-state index >= 15 is 4.39 Å². The van der Waals surface area contributed by atoms with Crippen LogP contribution in [0.3, 0.4) is 0 Å². The van der Waals surface area contributed by atoms with Crippen LogP contribution in [-0.4, -0.2) is 33.3 Å². The number of alkyl halides is 3. The Morgan fingerprint density at radius 3 is 2.30 bits per heavy atom. The average Bonchev–Trinajstić information content (AvgIpc) is 2.68. The molecule has 168 valence electrons. The van der Waals surface area contributed by atoms with Crippen molar-refractivity contribution >= 4 is 52.3 Å². The molecule has 0 fully saturated rings. The van der Waals surface area contributed by atoms with E-state index in [1.807, 2.05) is 0 Å². The Hall–Kier alpha value is -1.38. The Morgan fingerprint density at radius 1 is 1.23 bits per heavy atom. The molecule has 1 aromatic carbocycles. The van der Waals surface area contributed by atoms with Gasteiger partial charge < -0.3 is 21.5 Å². The highest BCUT2D eigenvalue weighted by atomic mass is 35.6. The molecule has 2 atom stereocenters. The molecule has 2 unspecified atom stereocenters. The summed E-state index contributed by atoms with van der Waals surface area (Å²) in [5, 5.41) is 14.2. The average molecular weight is 483 g/mol. The lowest BCUT2D eigenvalue weighted by atomic mass is 9.96. The summed E-state index contributed by atoms with van der Waals surface area (Å²) in [7, 11) is 0. The molecule has 0 heterocycles. The largest absolute Gasteiger partial charge is 0.392 e. The third kappa shape index (κ3) is 8.78. The minimum absolute atomic E-state index is 0.113. The molecule has 0 aliphatic carbocycles. The topological polar surface area (TPSA) is 104 Å². The van der Waals surface area contributed by atoms with Gasteiger partial charge in [-0.2, -0.15) is 0 Å². The minimum Gasteiger partial charge on any atom is -0.392 e. The Balaban J connectivity index is 3.03. The van der Waals surface area contributed by atoms with E-state index in [1.165, 1.54) is 0 Å². The van der Waals surface area contributed by atoms with Crippen molar-refractivity contribution in [2.75, 3.05) is 11.9 Å². The number of hydrogen-bond donors (Lipinski definition) is 4. The van der Waals surface area contributed by atoms with Crippen molar-refractivity contribution in [3.8, 4) is 0 Å². The normalized spacial score (nSPS) is 14.4. The second kappa shape index (κ2) is 12.5. The number of halogens is 4. The van der Waals surface area contributed by atoms with Crippen molar-refractivity contribution < 1.29 is 19.1 Å². The van der Waals surface area contributed by atoms with E-state index in [4.69, 9.17) is 45.6 Å². The van der Waals surface area contributed by atoms with E-state index in [0.29, 0.717) is 30.6 Å². The fourth-order valence-electron chi connectivity index (χ4n) is 2.63. The Labute approximate surface area is 190 Å². The number of carbonyl (C=O) groups is 2. The monoisotopic (exact) mass is 481 g/mol. The third-order valence-corrected chi connectivity index (χ3v) is 4.84. The van der Waals surface area contributed by atoms with Crippen LogP contribution >= 0.6 is 34.8 Å². The van der Waals surface area contributed by atoms with Gasteiger partial charge in [0.1, 0.15) is 5.83 Å². The number of amides is 2. The van der Waals surface area contributed by atoms with Gasteiger partial charge in [0.15, 0.2) is 0 Å². The molecule has 0 aromatic heterocycles. The molecule has 1 aromatic rings. The summed E-state index contributed by atoms with van der Waals surface area (Å²) in [5.41, 5.74) is 6.75. The fourth-order valence-corrected chi connectivity index (χ4v) is 2.79. The lowest BCUT2D eigenvalue weighted by molar-refractivity contribution is -0.121. The molecule has 1 rings (SSSR count). The Kier molecular flexibility index (Phi) is 11.1. The van der Waals surface area contributed by atoms with Gasteiger partial charge in [-0.05, 0) is 49.1 Å². The van der Waals surface area contributed by atoms with Crippen LogP contribution in [0.1, 0.15) is 32.3 Å². The highest BCUT2D eigenvalue weighted by molar-refractivity contribution is 6.76. The van der Waals surface area contributed by atoms with E-state index in [9.17, 15) is 9.59 Å². The summed E-state index contributed by atoms with van der Waals surface area (Å²) < 4.78 is 12.8. The van der Waals surface area contributed by atoms with E-state index in [1.54, 1.807) is 38.1 Å². The predicted molar refractivity (Wildman–Crippen MR) is 119 cm³/mol. The van der Waals surface area contributed by atoms with E-state index < -0.39 is 33.4 Å². The zero-order valence-corrected chi connectivity index (χ0v) is 19.1. The summed E-state index contributed by atoms with van der Waals surface area (Å²) in [6, 6.07) is 5.55. The first kappa shape index (κ1) is 26.7. The quantitative estimate of drug-likeness (QED) is 0.380.